The lowest BCUT2D eigenvalue weighted by atomic mass is 10.1. The summed E-state index contributed by atoms with van der Waals surface area (Å²) in [5, 5.41) is 0. The SMILES string of the molecule is CCN(Cc1cccc(CN)c1F)C(C)CN(C)C. The molecule has 1 rings (SSSR count). The zero-order valence-corrected chi connectivity index (χ0v) is 12.5. The van der Waals surface area contributed by atoms with Crippen LogP contribution in [0.2, 0.25) is 0 Å². The Morgan fingerprint density at radius 1 is 1.26 bits per heavy atom. The van der Waals surface area contributed by atoms with Gasteiger partial charge in [-0.3, -0.25) is 4.90 Å². The van der Waals surface area contributed by atoms with Gasteiger partial charge >= 0.3 is 0 Å². The molecule has 0 saturated carbocycles. The van der Waals surface area contributed by atoms with Crippen molar-refractivity contribution in [1.29, 1.82) is 0 Å². The fourth-order valence-corrected chi connectivity index (χ4v) is 2.35. The van der Waals surface area contributed by atoms with Crippen molar-refractivity contribution >= 4 is 0 Å². The molecule has 108 valence electrons. The fourth-order valence-electron chi connectivity index (χ4n) is 2.35. The lowest BCUT2D eigenvalue weighted by Crippen LogP contribution is -2.39. The summed E-state index contributed by atoms with van der Waals surface area (Å²) < 4.78 is 14.2. The van der Waals surface area contributed by atoms with E-state index in [1.54, 1.807) is 6.07 Å². The smallest absolute Gasteiger partial charge is 0.132 e. The first-order chi connectivity index (χ1) is 8.99. The van der Waals surface area contributed by atoms with Crippen LogP contribution in [0.5, 0.6) is 0 Å². The van der Waals surface area contributed by atoms with Gasteiger partial charge in [-0.15, -0.1) is 0 Å². The van der Waals surface area contributed by atoms with Crippen molar-refractivity contribution in [3.05, 3.63) is 35.1 Å². The molecule has 0 fully saturated rings. The predicted molar refractivity (Wildman–Crippen MR) is 78.4 cm³/mol. The van der Waals surface area contributed by atoms with Crippen LogP contribution in [0.4, 0.5) is 4.39 Å². The van der Waals surface area contributed by atoms with Gasteiger partial charge in [0.15, 0.2) is 0 Å². The maximum Gasteiger partial charge on any atom is 0.132 e. The Kier molecular flexibility index (Phi) is 6.42. The van der Waals surface area contributed by atoms with Crippen LogP contribution in [0, 0.1) is 5.82 Å². The number of hydrogen-bond acceptors (Lipinski definition) is 3. The first kappa shape index (κ1) is 16.1. The molecule has 1 atom stereocenters. The van der Waals surface area contributed by atoms with E-state index >= 15 is 0 Å². The highest BCUT2D eigenvalue weighted by atomic mass is 19.1. The number of likely N-dealkylation sites (N-methyl/N-ethyl adjacent to an activating group) is 2. The second-order valence-electron chi connectivity index (χ2n) is 5.27. The Morgan fingerprint density at radius 2 is 1.89 bits per heavy atom. The minimum Gasteiger partial charge on any atom is -0.326 e. The van der Waals surface area contributed by atoms with Crippen molar-refractivity contribution in [2.75, 3.05) is 27.2 Å². The summed E-state index contributed by atoms with van der Waals surface area (Å²) in [6, 6.07) is 5.86. The molecule has 3 nitrogen and oxygen atoms in total. The molecular weight excluding hydrogens is 241 g/mol. The Bertz CT molecular complexity index is 393. The third-order valence-corrected chi connectivity index (χ3v) is 3.41. The predicted octanol–water partition coefficient (Wildman–Crippen LogP) is 2.06. The van der Waals surface area contributed by atoms with Crippen LogP contribution in [-0.4, -0.2) is 43.0 Å². The van der Waals surface area contributed by atoms with Gasteiger partial charge in [0.1, 0.15) is 5.82 Å². The summed E-state index contributed by atoms with van der Waals surface area (Å²) in [6.07, 6.45) is 0. The van der Waals surface area contributed by atoms with Gasteiger partial charge in [-0.2, -0.15) is 0 Å². The van der Waals surface area contributed by atoms with E-state index in [-0.39, 0.29) is 12.4 Å². The normalized spacial score (nSPS) is 13.3. The molecule has 1 aromatic carbocycles. The first-order valence-electron chi connectivity index (χ1n) is 6.84. The fraction of sp³-hybridized carbons (Fsp3) is 0.600. The van der Waals surface area contributed by atoms with Crippen LogP contribution in [-0.2, 0) is 13.1 Å². The molecule has 0 spiro atoms. The van der Waals surface area contributed by atoms with E-state index in [9.17, 15) is 4.39 Å². The van der Waals surface area contributed by atoms with Crippen LogP contribution < -0.4 is 5.73 Å². The molecule has 0 bridgehead atoms. The molecule has 1 aromatic rings. The minimum absolute atomic E-state index is 0.152. The van der Waals surface area contributed by atoms with Crippen molar-refractivity contribution in [1.82, 2.24) is 9.80 Å². The van der Waals surface area contributed by atoms with Crippen molar-refractivity contribution in [3.8, 4) is 0 Å². The highest BCUT2D eigenvalue weighted by Crippen LogP contribution is 2.16. The first-order valence-corrected chi connectivity index (χ1v) is 6.84. The third kappa shape index (κ3) is 4.56. The van der Waals surface area contributed by atoms with Gasteiger partial charge in [-0.25, -0.2) is 4.39 Å². The Labute approximate surface area is 116 Å². The Morgan fingerprint density at radius 3 is 2.42 bits per heavy atom. The highest BCUT2D eigenvalue weighted by Gasteiger charge is 2.16. The van der Waals surface area contributed by atoms with Crippen molar-refractivity contribution in [3.63, 3.8) is 0 Å². The monoisotopic (exact) mass is 267 g/mol. The summed E-state index contributed by atoms with van der Waals surface area (Å²) in [6.45, 7) is 7.03. The zero-order chi connectivity index (χ0) is 14.4. The van der Waals surface area contributed by atoms with Gasteiger partial charge in [-0.05, 0) is 27.6 Å². The molecule has 0 aliphatic carbocycles. The largest absolute Gasteiger partial charge is 0.326 e. The molecule has 0 radical (unpaired) electrons. The summed E-state index contributed by atoms with van der Waals surface area (Å²) >= 11 is 0. The maximum absolute atomic E-state index is 14.2. The van der Waals surface area contributed by atoms with Gasteiger partial charge in [-0.1, -0.05) is 25.1 Å². The van der Waals surface area contributed by atoms with E-state index in [4.69, 9.17) is 5.73 Å². The molecule has 0 amide bonds. The zero-order valence-electron chi connectivity index (χ0n) is 12.5. The van der Waals surface area contributed by atoms with Crippen molar-refractivity contribution in [2.45, 2.75) is 33.0 Å². The molecule has 4 heteroatoms. The lowest BCUT2D eigenvalue weighted by Gasteiger charge is -2.30. The van der Waals surface area contributed by atoms with Gasteiger partial charge in [0.2, 0.25) is 0 Å². The molecule has 0 saturated heterocycles. The number of nitrogens with two attached hydrogens (primary N) is 1. The molecule has 19 heavy (non-hydrogen) atoms. The highest BCUT2D eigenvalue weighted by molar-refractivity contribution is 5.25. The molecule has 0 heterocycles. The molecular formula is C15H26FN3. The van der Waals surface area contributed by atoms with Gasteiger partial charge < -0.3 is 10.6 Å². The van der Waals surface area contributed by atoms with E-state index in [2.05, 4.69) is 37.7 Å². The minimum atomic E-state index is -0.152. The number of halogens is 1. The van der Waals surface area contributed by atoms with E-state index in [0.717, 1.165) is 18.7 Å². The van der Waals surface area contributed by atoms with Gasteiger partial charge in [0.05, 0.1) is 0 Å². The second-order valence-corrected chi connectivity index (χ2v) is 5.27. The number of benzene rings is 1. The van der Waals surface area contributed by atoms with E-state index < -0.39 is 0 Å². The molecule has 0 aliphatic heterocycles. The van der Waals surface area contributed by atoms with E-state index in [1.165, 1.54) is 0 Å². The van der Waals surface area contributed by atoms with Crippen LogP contribution in [0.3, 0.4) is 0 Å². The molecule has 0 aliphatic rings. The number of hydrogen-bond donors (Lipinski definition) is 1. The van der Waals surface area contributed by atoms with Crippen LogP contribution in [0.1, 0.15) is 25.0 Å². The Hall–Kier alpha value is -0.970. The second kappa shape index (κ2) is 7.58. The third-order valence-electron chi connectivity index (χ3n) is 3.41. The summed E-state index contributed by atoms with van der Waals surface area (Å²) in [7, 11) is 4.11. The van der Waals surface area contributed by atoms with Crippen molar-refractivity contribution in [2.24, 2.45) is 5.73 Å². The maximum atomic E-state index is 14.2. The average Bonchev–Trinajstić information content (AvgIpc) is 2.36. The summed E-state index contributed by atoms with van der Waals surface area (Å²) in [5.74, 6) is -0.152. The van der Waals surface area contributed by atoms with Gasteiger partial charge in [0.25, 0.3) is 0 Å². The summed E-state index contributed by atoms with van der Waals surface area (Å²) in [4.78, 5) is 4.43. The van der Waals surface area contributed by atoms with E-state index in [0.29, 0.717) is 18.2 Å². The van der Waals surface area contributed by atoms with E-state index in [1.807, 2.05) is 12.1 Å². The number of nitrogens with zero attached hydrogens (tertiary/aromatic N) is 2. The van der Waals surface area contributed by atoms with Crippen LogP contribution >= 0.6 is 0 Å². The van der Waals surface area contributed by atoms with Crippen LogP contribution in [0.15, 0.2) is 18.2 Å². The molecule has 1 unspecified atom stereocenters. The number of rotatable bonds is 7. The van der Waals surface area contributed by atoms with Gasteiger partial charge in [0, 0.05) is 36.8 Å². The molecule has 2 N–H and O–H groups in total. The quantitative estimate of drug-likeness (QED) is 0.821. The standard InChI is InChI=1S/C15H26FN3/c1-5-19(12(2)10-18(3)4)11-14-8-6-7-13(9-17)15(14)16/h6-8,12H,5,9-11,17H2,1-4H3. The summed E-state index contributed by atoms with van der Waals surface area (Å²) in [5.41, 5.74) is 6.87. The van der Waals surface area contributed by atoms with Crippen molar-refractivity contribution < 1.29 is 4.39 Å². The van der Waals surface area contributed by atoms with Crippen LogP contribution in [0.25, 0.3) is 0 Å². The Balaban J connectivity index is 2.81. The topological polar surface area (TPSA) is 32.5 Å². The molecule has 0 aromatic heterocycles. The lowest BCUT2D eigenvalue weighted by molar-refractivity contribution is 0.172. The average molecular weight is 267 g/mol.